The Bertz CT molecular complexity index is 74.4. The highest BCUT2D eigenvalue weighted by Crippen LogP contribution is 1.82. The number of nitrogens with one attached hydrogen (secondary N) is 1. The van der Waals surface area contributed by atoms with Crippen LogP contribution in [0.3, 0.4) is 0 Å². The van der Waals surface area contributed by atoms with Crippen LogP contribution in [0.1, 0.15) is 13.8 Å². The van der Waals surface area contributed by atoms with Crippen molar-refractivity contribution in [1.29, 1.82) is 0 Å². The molecule has 0 fully saturated rings. The van der Waals surface area contributed by atoms with E-state index in [1.807, 2.05) is 0 Å². The van der Waals surface area contributed by atoms with Crippen LogP contribution in [0.5, 0.6) is 0 Å². The number of hydrogen-bond acceptors (Lipinski definition) is 4. The molecule has 0 amide bonds. The molecule has 0 spiro atoms. The summed E-state index contributed by atoms with van der Waals surface area (Å²) in [6.07, 6.45) is -1.17. The summed E-state index contributed by atoms with van der Waals surface area (Å²) in [7, 11) is 0. The number of nitrogens with zero attached hydrogens (tertiary/aromatic N) is 1. The van der Waals surface area contributed by atoms with Gasteiger partial charge in [0.2, 0.25) is 0 Å². The maximum absolute atomic E-state index is 9.62. The third-order valence-electron chi connectivity index (χ3n) is 0.641. The van der Waals surface area contributed by atoms with Crippen LogP contribution >= 0.6 is 0 Å². The molecule has 48 valence electrons. The standard InChI is InChI=1S/C4H10N2O2/c1-3(6-8)5-4(2)7/h3-5,7H,1-2H3. The van der Waals surface area contributed by atoms with Crippen molar-refractivity contribution in [3.63, 3.8) is 0 Å². The smallest absolute Gasteiger partial charge is 0.141 e. The van der Waals surface area contributed by atoms with E-state index in [-0.39, 0.29) is 0 Å². The molecule has 0 saturated carbocycles. The molecule has 8 heavy (non-hydrogen) atoms. The van der Waals surface area contributed by atoms with Gasteiger partial charge in [0.25, 0.3) is 0 Å². The largest absolute Gasteiger partial charge is 0.379 e. The van der Waals surface area contributed by atoms with Gasteiger partial charge in [-0.05, 0) is 13.8 Å². The van der Waals surface area contributed by atoms with Gasteiger partial charge >= 0.3 is 0 Å². The average molecular weight is 118 g/mol. The Morgan fingerprint density at radius 2 is 2.12 bits per heavy atom. The molecule has 2 N–H and O–H groups in total. The zero-order valence-electron chi connectivity index (χ0n) is 4.96. The summed E-state index contributed by atoms with van der Waals surface area (Å²) in [6, 6.07) is 0. The maximum atomic E-state index is 9.62. The molecule has 0 heterocycles. The lowest BCUT2D eigenvalue weighted by atomic mass is 10.5. The molecule has 0 aromatic rings. The van der Waals surface area contributed by atoms with E-state index < -0.39 is 12.4 Å². The van der Waals surface area contributed by atoms with Crippen molar-refractivity contribution in [2.45, 2.75) is 26.2 Å². The highest BCUT2D eigenvalue weighted by molar-refractivity contribution is 4.54. The Hall–Kier alpha value is -0.480. The minimum Gasteiger partial charge on any atom is -0.379 e. The third kappa shape index (κ3) is 3.70. The second kappa shape index (κ2) is 3.51. The monoisotopic (exact) mass is 118 g/mol. The van der Waals surface area contributed by atoms with Crippen molar-refractivity contribution >= 4 is 0 Å². The maximum Gasteiger partial charge on any atom is 0.141 e. The van der Waals surface area contributed by atoms with Gasteiger partial charge < -0.3 is 5.11 Å². The van der Waals surface area contributed by atoms with E-state index in [1.165, 1.54) is 6.92 Å². The van der Waals surface area contributed by atoms with Crippen molar-refractivity contribution in [1.82, 2.24) is 5.32 Å². The van der Waals surface area contributed by atoms with Gasteiger partial charge in [0.05, 0.1) is 0 Å². The van der Waals surface area contributed by atoms with Crippen LogP contribution in [0.2, 0.25) is 0 Å². The van der Waals surface area contributed by atoms with Gasteiger partial charge in [0.1, 0.15) is 12.4 Å². The summed E-state index contributed by atoms with van der Waals surface area (Å²) in [5.74, 6) is 0. The van der Waals surface area contributed by atoms with Crippen LogP contribution < -0.4 is 5.32 Å². The molecule has 0 aliphatic rings. The molecule has 0 bridgehead atoms. The van der Waals surface area contributed by atoms with Gasteiger partial charge in [-0.2, -0.15) is 0 Å². The molecular weight excluding hydrogens is 108 g/mol. The Kier molecular flexibility index (Phi) is 3.30. The van der Waals surface area contributed by atoms with Crippen LogP contribution in [0.15, 0.2) is 5.18 Å². The fourth-order valence-electron chi connectivity index (χ4n) is 0.380. The van der Waals surface area contributed by atoms with E-state index in [1.54, 1.807) is 6.92 Å². The van der Waals surface area contributed by atoms with E-state index in [4.69, 9.17) is 5.11 Å². The summed E-state index contributed by atoms with van der Waals surface area (Å²) < 4.78 is 0. The summed E-state index contributed by atoms with van der Waals surface area (Å²) in [5, 5.41) is 13.6. The normalized spacial score (nSPS) is 17.4. The number of aliphatic hydroxyl groups excluding tert-OH is 1. The summed E-state index contributed by atoms with van der Waals surface area (Å²) >= 11 is 0. The van der Waals surface area contributed by atoms with E-state index in [9.17, 15) is 4.91 Å². The number of nitroso groups, excluding NO2 is 1. The van der Waals surface area contributed by atoms with Gasteiger partial charge in [-0.3, -0.25) is 5.32 Å². The molecule has 0 rings (SSSR count). The predicted octanol–water partition coefficient (Wildman–Crippen LogP) is 0.0267. The number of aliphatic hydroxyl groups is 1. The third-order valence-corrected chi connectivity index (χ3v) is 0.641. The van der Waals surface area contributed by atoms with Gasteiger partial charge in [-0.1, -0.05) is 5.18 Å². The molecule has 0 aromatic heterocycles. The first kappa shape index (κ1) is 7.52. The van der Waals surface area contributed by atoms with Crippen LogP contribution in [0.25, 0.3) is 0 Å². The molecule has 4 heteroatoms. The van der Waals surface area contributed by atoms with Crippen molar-refractivity contribution in [2.24, 2.45) is 5.18 Å². The van der Waals surface area contributed by atoms with Crippen molar-refractivity contribution in [3.05, 3.63) is 4.91 Å². The van der Waals surface area contributed by atoms with Gasteiger partial charge in [0.15, 0.2) is 0 Å². The first-order valence-electron chi connectivity index (χ1n) is 2.43. The van der Waals surface area contributed by atoms with Gasteiger partial charge in [-0.15, -0.1) is 4.91 Å². The van der Waals surface area contributed by atoms with E-state index >= 15 is 0 Å². The van der Waals surface area contributed by atoms with Crippen LogP contribution in [-0.4, -0.2) is 17.5 Å². The fourth-order valence-corrected chi connectivity index (χ4v) is 0.380. The topological polar surface area (TPSA) is 61.7 Å². The fraction of sp³-hybridized carbons (Fsp3) is 1.00. The Labute approximate surface area is 47.9 Å². The highest BCUT2D eigenvalue weighted by Gasteiger charge is 2.00. The second-order valence-corrected chi connectivity index (χ2v) is 1.62. The molecule has 0 aliphatic carbocycles. The SMILES string of the molecule is CC(O)NC(C)N=O. The molecule has 2 atom stereocenters. The number of rotatable bonds is 3. The van der Waals surface area contributed by atoms with Crippen LogP contribution in [-0.2, 0) is 0 Å². The first-order valence-corrected chi connectivity index (χ1v) is 2.43. The lowest BCUT2D eigenvalue weighted by molar-refractivity contribution is 0.144. The summed E-state index contributed by atoms with van der Waals surface area (Å²) in [4.78, 5) is 9.62. The molecule has 0 aromatic carbocycles. The molecule has 4 nitrogen and oxygen atoms in total. The lowest BCUT2D eigenvalue weighted by Crippen LogP contribution is -2.32. The van der Waals surface area contributed by atoms with Crippen molar-refractivity contribution in [3.8, 4) is 0 Å². The Morgan fingerprint density at radius 1 is 1.62 bits per heavy atom. The second-order valence-electron chi connectivity index (χ2n) is 1.62. The predicted molar refractivity (Wildman–Crippen MR) is 30.1 cm³/mol. The van der Waals surface area contributed by atoms with Gasteiger partial charge in [0, 0.05) is 0 Å². The molecule has 2 unspecified atom stereocenters. The van der Waals surface area contributed by atoms with Crippen LogP contribution in [0, 0.1) is 4.91 Å². The molecular formula is C4H10N2O2. The molecule has 0 radical (unpaired) electrons. The molecule has 0 aliphatic heterocycles. The lowest BCUT2D eigenvalue weighted by Gasteiger charge is -2.06. The van der Waals surface area contributed by atoms with E-state index in [2.05, 4.69) is 10.5 Å². The minimum atomic E-state index is -0.664. The molecule has 0 saturated heterocycles. The zero-order valence-corrected chi connectivity index (χ0v) is 4.96. The van der Waals surface area contributed by atoms with Crippen molar-refractivity contribution in [2.75, 3.05) is 0 Å². The average Bonchev–Trinajstić information content (AvgIpc) is 1.65. The Balaban J connectivity index is 3.23. The van der Waals surface area contributed by atoms with Gasteiger partial charge in [-0.25, -0.2) is 0 Å². The van der Waals surface area contributed by atoms with E-state index in [0.717, 1.165) is 0 Å². The number of hydrogen-bond donors (Lipinski definition) is 2. The Morgan fingerprint density at radius 3 is 2.25 bits per heavy atom. The van der Waals surface area contributed by atoms with Crippen LogP contribution in [0.4, 0.5) is 0 Å². The summed E-state index contributed by atoms with van der Waals surface area (Å²) in [5.41, 5.74) is 0. The van der Waals surface area contributed by atoms with E-state index in [0.29, 0.717) is 0 Å². The quantitative estimate of drug-likeness (QED) is 0.406. The van der Waals surface area contributed by atoms with Crippen molar-refractivity contribution < 1.29 is 5.11 Å². The minimum absolute atomic E-state index is 0.505. The highest BCUT2D eigenvalue weighted by atomic mass is 16.3. The summed E-state index contributed by atoms with van der Waals surface area (Å²) in [6.45, 7) is 3.10. The first-order chi connectivity index (χ1) is 3.66. The zero-order chi connectivity index (χ0) is 6.57.